The largest absolute Gasteiger partial charge is 0.349 e. The zero-order valence-corrected chi connectivity index (χ0v) is 19.9. The second kappa shape index (κ2) is 9.74. The Balaban J connectivity index is 1.39. The maximum absolute atomic E-state index is 13.1. The van der Waals surface area contributed by atoms with Gasteiger partial charge >= 0.3 is 11.1 Å². The highest BCUT2D eigenvalue weighted by Gasteiger charge is 2.21. The molecule has 1 unspecified atom stereocenters. The molecule has 0 saturated heterocycles. The Morgan fingerprint density at radius 2 is 1.54 bits per heavy atom. The van der Waals surface area contributed by atoms with Crippen molar-refractivity contribution < 1.29 is 4.79 Å². The number of aromatic nitrogens is 2. The van der Waals surface area contributed by atoms with E-state index < -0.39 is 11.1 Å². The zero-order chi connectivity index (χ0) is 24.4. The Morgan fingerprint density at radius 1 is 0.886 bits per heavy atom. The standard InChI is InChI=1S/C29H29N3O3/c1-20-13-15-21(16-14-20)19-32-26-12-5-4-11-25(26)31(28(34)29(32)35)18-17-27(33)30-24-10-6-8-22-7-2-3-9-23(22)24/h2-5,7,9,11-16,24H,6,8,10,17-19H2,1H3,(H,30,33). The van der Waals surface area contributed by atoms with Gasteiger partial charge in [0, 0.05) is 13.0 Å². The van der Waals surface area contributed by atoms with E-state index in [2.05, 4.69) is 17.4 Å². The van der Waals surface area contributed by atoms with Gasteiger partial charge in [0.2, 0.25) is 5.91 Å². The Hall–Kier alpha value is -3.93. The van der Waals surface area contributed by atoms with Crippen LogP contribution < -0.4 is 16.4 Å². The van der Waals surface area contributed by atoms with Crippen molar-refractivity contribution in [2.24, 2.45) is 0 Å². The van der Waals surface area contributed by atoms with Gasteiger partial charge in [-0.15, -0.1) is 0 Å². The average Bonchev–Trinajstić information content (AvgIpc) is 2.88. The molecule has 35 heavy (non-hydrogen) atoms. The van der Waals surface area contributed by atoms with E-state index in [0.717, 1.165) is 30.4 Å². The van der Waals surface area contributed by atoms with Crippen molar-refractivity contribution in [2.75, 3.05) is 0 Å². The molecule has 1 N–H and O–H groups in total. The summed E-state index contributed by atoms with van der Waals surface area (Å²) in [6, 6.07) is 23.5. The summed E-state index contributed by atoms with van der Waals surface area (Å²) in [6.07, 6.45) is 3.10. The minimum Gasteiger partial charge on any atom is -0.349 e. The van der Waals surface area contributed by atoms with E-state index in [9.17, 15) is 14.4 Å². The molecule has 1 aromatic heterocycles. The van der Waals surface area contributed by atoms with Gasteiger partial charge in [-0.05, 0) is 55.0 Å². The molecule has 0 fully saturated rings. The van der Waals surface area contributed by atoms with Crippen molar-refractivity contribution in [1.82, 2.24) is 14.5 Å². The molecule has 1 heterocycles. The second-order valence-corrected chi connectivity index (χ2v) is 9.28. The molecule has 178 valence electrons. The second-order valence-electron chi connectivity index (χ2n) is 9.28. The van der Waals surface area contributed by atoms with Gasteiger partial charge in [-0.25, -0.2) is 0 Å². The van der Waals surface area contributed by atoms with Gasteiger partial charge in [-0.1, -0.05) is 66.2 Å². The molecular weight excluding hydrogens is 438 g/mol. The molecule has 4 aromatic rings. The number of nitrogens with one attached hydrogen (secondary N) is 1. The number of hydrogen-bond donors (Lipinski definition) is 1. The fourth-order valence-electron chi connectivity index (χ4n) is 5.01. The van der Waals surface area contributed by atoms with Gasteiger partial charge in [0.05, 0.1) is 23.6 Å². The minimum absolute atomic E-state index is 0.0107. The summed E-state index contributed by atoms with van der Waals surface area (Å²) in [5, 5.41) is 3.14. The van der Waals surface area contributed by atoms with E-state index in [-0.39, 0.29) is 24.9 Å². The van der Waals surface area contributed by atoms with Crippen LogP contribution in [-0.2, 0) is 24.3 Å². The van der Waals surface area contributed by atoms with Crippen LogP contribution in [0.3, 0.4) is 0 Å². The highest BCUT2D eigenvalue weighted by Crippen LogP contribution is 2.29. The first-order valence-corrected chi connectivity index (χ1v) is 12.2. The molecule has 1 amide bonds. The average molecular weight is 468 g/mol. The Labute approximate surface area is 203 Å². The van der Waals surface area contributed by atoms with Gasteiger partial charge in [0.1, 0.15) is 0 Å². The summed E-state index contributed by atoms with van der Waals surface area (Å²) in [5.74, 6) is -0.119. The molecule has 5 rings (SSSR count). The van der Waals surface area contributed by atoms with Crippen LogP contribution in [0.15, 0.2) is 82.4 Å². The van der Waals surface area contributed by atoms with Gasteiger partial charge in [0.15, 0.2) is 0 Å². The van der Waals surface area contributed by atoms with Crippen LogP contribution in [0.25, 0.3) is 11.0 Å². The van der Waals surface area contributed by atoms with Crippen LogP contribution in [0.4, 0.5) is 0 Å². The third kappa shape index (κ3) is 4.69. The van der Waals surface area contributed by atoms with Crippen LogP contribution in [0.1, 0.15) is 47.6 Å². The third-order valence-corrected chi connectivity index (χ3v) is 6.86. The molecule has 0 aliphatic heterocycles. The summed E-state index contributed by atoms with van der Waals surface area (Å²) < 4.78 is 2.97. The number of carbonyl (C=O) groups excluding carboxylic acids is 1. The first kappa shape index (κ1) is 22.8. The molecule has 6 nitrogen and oxygen atoms in total. The molecule has 1 aliphatic carbocycles. The molecule has 1 atom stereocenters. The van der Waals surface area contributed by atoms with E-state index in [1.807, 2.05) is 67.6 Å². The number of para-hydroxylation sites is 2. The van der Waals surface area contributed by atoms with E-state index in [1.54, 1.807) is 0 Å². The molecule has 3 aromatic carbocycles. The van der Waals surface area contributed by atoms with Crippen LogP contribution in [-0.4, -0.2) is 15.0 Å². The molecule has 0 spiro atoms. The van der Waals surface area contributed by atoms with Gasteiger partial charge in [-0.3, -0.25) is 19.0 Å². The number of nitrogens with zero attached hydrogens (tertiary/aromatic N) is 2. The van der Waals surface area contributed by atoms with Gasteiger partial charge in [0.25, 0.3) is 0 Å². The zero-order valence-electron chi connectivity index (χ0n) is 19.9. The first-order chi connectivity index (χ1) is 17.0. The number of benzene rings is 3. The van der Waals surface area contributed by atoms with E-state index in [1.165, 1.54) is 20.3 Å². The summed E-state index contributed by atoms with van der Waals surface area (Å²) in [4.78, 5) is 39.1. The molecule has 1 aliphatic rings. The van der Waals surface area contributed by atoms with E-state index >= 15 is 0 Å². The fraction of sp³-hybridized carbons (Fsp3) is 0.276. The van der Waals surface area contributed by atoms with Crippen LogP contribution in [0, 0.1) is 6.92 Å². The van der Waals surface area contributed by atoms with Crippen LogP contribution in [0.5, 0.6) is 0 Å². The maximum atomic E-state index is 13.1. The van der Waals surface area contributed by atoms with E-state index in [0.29, 0.717) is 17.6 Å². The van der Waals surface area contributed by atoms with Crippen molar-refractivity contribution >= 4 is 16.9 Å². The normalized spacial score (nSPS) is 15.1. The molecular formula is C29H29N3O3. The number of carbonyl (C=O) groups is 1. The lowest BCUT2D eigenvalue weighted by molar-refractivity contribution is -0.122. The van der Waals surface area contributed by atoms with Crippen molar-refractivity contribution in [3.63, 3.8) is 0 Å². The summed E-state index contributed by atoms with van der Waals surface area (Å²) >= 11 is 0. The molecule has 0 radical (unpaired) electrons. The predicted molar refractivity (Wildman–Crippen MR) is 138 cm³/mol. The van der Waals surface area contributed by atoms with Crippen molar-refractivity contribution in [3.8, 4) is 0 Å². The molecule has 6 heteroatoms. The minimum atomic E-state index is -0.605. The van der Waals surface area contributed by atoms with Crippen LogP contribution in [0.2, 0.25) is 0 Å². The summed E-state index contributed by atoms with van der Waals surface area (Å²) in [6.45, 7) is 2.48. The Bertz CT molecular complexity index is 1500. The van der Waals surface area contributed by atoms with E-state index in [4.69, 9.17) is 0 Å². The smallest absolute Gasteiger partial charge is 0.317 e. The third-order valence-electron chi connectivity index (χ3n) is 6.86. The number of fused-ring (bicyclic) bond motifs is 2. The predicted octanol–water partition coefficient (Wildman–Crippen LogP) is 4.10. The van der Waals surface area contributed by atoms with Gasteiger partial charge in [-0.2, -0.15) is 0 Å². The SMILES string of the molecule is Cc1ccc(Cn2c(=O)c(=O)n(CCC(=O)NC3CCCc4ccccc43)c3ccccc32)cc1. The Kier molecular flexibility index (Phi) is 6.36. The molecule has 0 bridgehead atoms. The number of hydrogen-bond acceptors (Lipinski definition) is 3. The van der Waals surface area contributed by atoms with Crippen molar-refractivity contribution in [1.29, 1.82) is 0 Å². The lowest BCUT2D eigenvalue weighted by Crippen LogP contribution is -2.42. The maximum Gasteiger partial charge on any atom is 0.317 e. The van der Waals surface area contributed by atoms with Crippen molar-refractivity contribution in [3.05, 3.63) is 116 Å². The summed E-state index contributed by atoms with van der Waals surface area (Å²) in [7, 11) is 0. The number of amides is 1. The quantitative estimate of drug-likeness (QED) is 0.434. The first-order valence-electron chi connectivity index (χ1n) is 12.2. The number of aryl methyl sites for hydroxylation is 3. The van der Waals surface area contributed by atoms with Crippen LogP contribution >= 0.6 is 0 Å². The highest BCUT2D eigenvalue weighted by molar-refractivity contribution is 5.78. The number of rotatable bonds is 6. The topological polar surface area (TPSA) is 73.1 Å². The summed E-state index contributed by atoms with van der Waals surface area (Å²) in [5.41, 5.74) is 4.69. The van der Waals surface area contributed by atoms with Crippen molar-refractivity contribution in [2.45, 2.75) is 51.7 Å². The lowest BCUT2D eigenvalue weighted by Gasteiger charge is -2.26. The lowest BCUT2D eigenvalue weighted by atomic mass is 9.88. The molecule has 0 saturated carbocycles. The Morgan fingerprint density at radius 3 is 2.31 bits per heavy atom. The highest BCUT2D eigenvalue weighted by atomic mass is 16.2. The van der Waals surface area contributed by atoms with Gasteiger partial charge < -0.3 is 9.88 Å². The monoisotopic (exact) mass is 467 g/mol. The fourth-order valence-corrected chi connectivity index (χ4v) is 5.01.